The first-order valence-electron chi connectivity index (χ1n) is 7.55. The number of carbonyl (C=O) groups is 2. The quantitative estimate of drug-likeness (QED) is 0.830. The summed E-state index contributed by atoms with van der Waals surface area (Å²) in [4.78, 5) is 24.2. The van der Waals surface area contributed by atoms with Crippen LogP contribution in [0.3, 0.4) is 0 Å². The van der Waals surface area contributed by atoms with E-state index >= 15 is 0 Å². The zero-order valence-corrected chi connectivity index (χ0v) is 13.4. The van der Waals surface area contributed by atoms with Crippen LogP contribution < -0.4 is 11.1 Å². The van der Waals surface area contributed by atoms with Crippen LogP contribution in [0.5, 0.6) is 0 Å². The fourth-order valence-corrected chi connectivity index (χ4v) is 2.72. The van der Waals surface area contributed by atoms with Crippen LogP contribution in [0.25, 0.3) is 0 Å². The molecule has 3 N–H and O–H groups in total. The number of hydrogen-bond acceptors (Lipinski definition) is 4. The zero-order chi connectivity index (χ0) is 16.3. The highest BCUT2D eigenvalue weighted by atomic mass is 16.5. The molecular formula is C15H24N4O3. The van der Waals surface area contributed by atoms with Crippen molar-refractivity contribution in [1.29, 1.82) is 0 Å². The van der Waals surface area contributed by atoms with Crippen LogP contribution in [0.2, 0.25) is 0 Å². The third-order valence-electron chi connectivity index (χ3n) is 4.21. The van der Waals surface area contributed by atoms with Gasteiger partial charge in [-0.2, -0.15) is 5.10 Å². The number of nitrogens with two attached hydrogens (primary N) is 1. The second-order valence-electron chi connectivity index (χ2n) is 6.20. The molecule has 1 aliphatic heterocycles. The van der Waals surface area contributed by atoms with Crippen molar-refractivity contribution < 1.29 is 14.3 Å². The Balaban J connectivity index is 2.10. The van der Waals surface area contributed by atoms with Gasteiger partial charge in [0.1, 0.15) is 0 Å². The van der Waals surface area contributed by atoms with E-state index in [1.54, 1.807) is 17.9 Å². The average molecular weight is 308 g/mol. The molecule has 1 aromatic heterocycles. The molecule has 2 heterocycles. The van der Waals surface area contributed by atoms with Gasteiger partial charge in [0.2, 0.25) is 5.91 Å². The first kappa shape index (κ1) is 16.5. The van der Waals surface area contributed by atoms with Crippen molar-refractivity contribution in [3.05, 3.63) is 17.5 Å². The number of rotatable bonds is 5. The highest BCUT2D eigenvalue weighted by Gasteiger charge is 2.39. The van der Waals surface area contributed by atoms with E-state index in [1.165, 1.54) is 0 Å². The molecule has 22 heavy (non-hydrogen) atoms. The smallest absolute Gasteiger partial charge is 0.254 e. The first-order valence-corrected chi connectivity index (χ1v) is 7.55. The fourth-order valence-electron chi connectivity index (χ4n) is 2.72. The number of ether oxygens (including phenoxy) is 1. The monoisotopic (exact) mass is 308 g/mol. The first-order chi connectivity index (χ1) is 10.4. The van der Waals surface area contributed by atoms with E-state index in [2.05, 4.69) is 10.4 Å². The summed E-state index contributed by atoms with van der Waals surface area (Å²) in [5.74, 6) is -0.453. The minimum Gasteiger partial charge on any atom is -0.381 e. The van der Waals surface area contributed by atoms with Gasteiger partial charge in [0, 0.05) is 33.0 Å². The van der Waals surface area contributed by atoms with Crippen molar-refractivity contribution in [2.75, 3.05) is 19.8 Å². The van der Waals surface area contributed by atoms with Gasteiger partial charge in [-0.1, -0.05) is 13.8 Å². The Labute approximate surface area is 130 Å². The number of hydrogen-bond donors (Lipinski definition) is 2. The van der Waals surface area contributed by atoms with Crippen molar-refractivity contribution in [2.24, 2.45) is 18.2 Å². The minimum atomic E-state index is -0.714. The maximum absolute atomic E-state index is 12.4. The highest BCUT2D eigenvalue weighted by molar-refractivity contribution is 5.95. The molecule has 2 rings (SSSR count). The molecule has 2 amide bonds. The molecule has 0 atom stereocenters. The van der Waals surface area contributed by atoms with Crippen LogP contribution in [-0.2, 0) is 16.6 Å². The number of primary amides is 1. The Bertz CT molecular complexity index is 559. The summed E-state index contributed by atoms with van der Waals surface area (Å²) in [7, 11) is 1.78. The Hall–Kier alpha value is -1.89. The van der Waals surface area contributed by atoms with Crippen molar-refractivity contribution in [3.63, 3.8) is 0 Å². The number of nitrogens with one attached hydrogen (secondary N) is 1. The van der Waals surface area contributed by atoms with Crippen LogP contribution in [0.1, 0.15) is 48.7 Å². The lowest BCUT2D eigenvalue weighted by atomic mass is 9.79. The van der Waals surface area contributed by atoms with E-state index < -0.39 is 5.41 Å². The third kappa shape index (κ3) is 3.30. The lowest BCUT2D eigenvalue weighted by Gasteiger charge is -2.34. The normalized spacial score (nSPS) is 17.5. The summed E-state index contributed by atoms with van der Waals surface area (Å²) in [6.45, 7) is 5.19. The molecule has 0 radical (unpaired) electrons. The van der Waals surface area contributed by atoms with Gasteiger partial charge >= 0.3 is 0 Å². The lowest BCUT2D eigenvalue weighted by Crippen LogP contribution is -2.49. The molecule has 7 heteroatoms. The summed E-state index contributed by atoms with van der Waals surface area (Å²) in [6, 6.07) is 0. The van der Waals surface area contributed by atoms with Gasteiger partial charge in [-0.25, -0.2) is 0 Å². The van der Waals surface area contributed by atoms with E-state index in [0.717, 1.165) is 5.69 Å². The van der Waals surface area contributed by atoms with Crippen LogP contribution >= 0.6 is 0 Å². The number of carbonyl (C=O) groups excluding carboxylic acids is 2. The molecule has 0 unspecified atom stereocenters. The summed E-state index contributed by atoms with van der Waals surface area (Å²) >= 11 is 0. The van der Waals surface area contributed by atoms with Gasteiger partial charge in [0.15, 0.2) is 0 Å². The van der Waals surface area contributed by atoms with E-state index in [4.69, 9.17) is 10.5 Å². The van der Waals surface area contributed by atoms with Crippen LogP contribution in [0.15, 0.2) is 6.20 Å². The van der Waals surface area contributed by atoms with Crippen molar-refractivity contribution in [3.8, 4) is 0 Å². The minimum absolute atomic E-state index is 0.148. The van der Waals surface area contributed by atoms with Gasteiger partial charge in [-0.3, -0.25) is 14.3 Å². The molecule has 122 valence electrons. The number of aryl methyl sites for hydroxylation is 1. The molecule has 0 bridgehead atoms. The zero-order valence-electron chi connectivity index (χ0n) is 13.4. The fraction of sp³-hybridized carbons (Fsp3) is 0.667. The maximum atomic E-state index is 12.4. The lowest BCUT2D eigenvalue weighted by molar-refractivity contribution is -0.132. The molecule has 7 nitrogen and oxygen atoms in total. The molecule has 0 spiro atoms. The van der Waals surface area contributed by atoms with Gasteiger partial charge < -0.3 is 15.8 Å². The van der Waals surface area contributed by atoms with Crippen molar-refractivity contribution in [1.82, 2.24) is 15.1 Å². The van der Waals surface area contributed by atoms with E-state index in [9.17, 15) is 9.59 Å². The van der Waals surface area contributed by atoms with Gasteiger partial charge in [-0.05, 0) is 18.8 Å². The van der Waals surface area contributed by atoms with Gasteiger partial charge in [0.05, 0.1) is 16.7 Å². The van der Waals surface area contributed by atoms with Crippen LogP contribution in [0, 0.1) is 5.41 Å². The SMILES string of the molecule is CC(C)c1nn(C)cc1C(=O)NCC1(C(N)=O)CCOCC1. The molecule has 1 aromatic rings. The highest BCUT2D eigenvalue weighted by Crippen LogP contribution is 2.29. The average Bonchev–Trinajstić information content (AvgIpc) is 2.88. The topological polar surface area (TPSA) is 99.2 Å². The molecule has 0 saturated carbocycles. The number of nitrogens with zero attached hydrogens (tertiary/aromatic N) is 2. The Morgan fingerprint density at radius 1 is 1.45 bits per heavy atom. The molecular weight excluding hydrogens is 284 g/mol. The summed E-state index contributed by atoms with van der Waals surface area (Å²) < 4.78 is 6.91. The van der Waals surface area contributed by atoms with Crippen molar-refractivity contribution >= 4 is 11.8 Å². The Kier molecular flexibility index (Phi) is 4.85. The molecule has 1 saturated heterocycles. The van der Waals surface area contributed by atoms with E-state index in [0.29, 0.717) is 31.6 Å². The van der Waals surface area contributed by atoms with E-state index in [-0.39, 0.29) is 24.3 Å². The predicted molar refractivity (Wildman–Crippen MR) is 81.3 cm³/mol. The molecule has 0 aromatic carbocycles. The summed E-state index contributed by atoms with van der Waals surface area (Å²) in [5, 5.41) is 7.17. The van der Waals surface area contributed by atoms with Gasteiger partial charge in [0.25, 0.3) is 5.91 Å². The molecule has 0 aliphatic carbocycles. The third-order valence-corrected chi connectivity index (χ3v) is 4.21. The predicted octanol–water partition coefficient (Wildman–Crippen LogP) is 0.555. The number of aromatic nitrogens is 2. The Morgan fingerprint density at radius 3 is 2.64 bits per heavy atom. The standard InChI is InChI=1S/C15H24N4O3/c1-10(2)12-11(8-19(3)18-12)13(20)17-9-15(14(16)21)4-6-22-7-5-15/h8,10H,4-7,9H2,1-3H3,(H2,16,21)(H,17,20). The summed E-state index contributed by atoms with van der Waals surface area (Å²) in [6.07, 6.45) is 2.77. The van der Waals surface area contributed by atoms with Crippen molar-refractivity contribution in [2.45, 2.75) is 32.6 Å². The second-order valence-corrected chi connectivity index (χ2v) is 6.20. The number of amides is 2. The van der Waals surface area contributed by atoms with Crippen LogP contribution in [-0.4, -0.2) is 41.4 Å². The van der Waals surface area contributed by atoms with E-state index in [1.807, 2.05) is 13.8 Å². The van der Waals surface area contributed by atoms with Crippen LogP contribution in [0.4, 0.5) is 0 Å². The molecule has 1 fully saturated rings. The largest absolute Gasteiger partial charge is 0.381 e. The molecule has 1 aliphatic rings. The maximum Gasteiger partial charge on any atom is 0.254 e. The Morgan fingerprint density at radius 2 is 2.09 bits per heavy atom. The summed E-state index contributed by atoms with van der Waals surface area (Å²) in [5.41, 5.74) is 6.13. The second kappa shape index (κ2) is 6.48. The van der Waals surface area contributed by atoms with Gasteiger partial charge in [-0.15, -0.1) is 0 Å².